The zero-order valence-corrected chi connectivity index (χ0v) is 19.3. The Morgan fingerprint density at radius 1 is 1.18 bits per heavy atom. The molecule has 0 radical (unpaired) electrons. The number of benzene rings is 1. The van der Waals surface area contributed by atoms with E-state index in [2.05, 4.69) is 48.2 Å². The first-order valence-corrected chi connectivity index (χ1v) is 10.9. The van der Waals surface area contributed by atoms with Gasteiger partial charge in [0.1, 0.15) is 10.8 Å². The second-order valence-electron chi connectivity index (χ2n) is 7.32. The average molecular weight is 471 g/mol. The number of nitrogens with two attached hydrogens (primary N) is 1. The number of nitrogens with zero attached hydrogens (tertiary/aromatic N) is 4. The van der Waals surface area contributed by atoms with E-state index >= 15 is 0 Å². The molecule has 4 aromatic rings. The lowest BCUT2D eigenvalue weighted by Gasteiger charge is -2.26. The van der Waals surface area contributed by atoms with Crippen LogP contribution in [-0.2, 0) is 11.3 Å². The fraction of sp³-hybridized carbons (Fsp3) is 0.318. The van der Waals surface area contributed by atoms with Gasteiger partial charge in [-0.25, -0.2) is 9.97 Å². The molecule has 1 fully saturated rings. The van der Waals surface area contributed by atoms with Crippen molar-refractivity contribution in [2.45, 2.75) is 6.54 Å². The van der Waals surface area contributed by atoms with Gasteiger partial charge in [-0.15, -0.1) is 0 Å². The van der Waals surface area contributed by atoms with Crippen LogP contribution >= 0.6 is 11.6 Å². The molecule has 11 heteroatoms. The first kappa shape index (κ1) is 23.0. The van der Waals surface area contributed by atoms with Crippen molar-refractivity contribution in [2.75, 3.05) is 45.8 Å². The number of ether oxygens (including phenoxy) is 2. The van der Waals surface area contributed by atoms with Crippen molar-refractivity contribution in [1.82, 2.24) is 30.0 Å². The summed E-state index contributed by atoms with van der Waals surface area (Å²) in [5, 5.41) is 10.9. The van der Waals surface area contributed by atoms with Gasteiger partial charge in [-0.3, -0.25) is 10.00 Å². The van der Waals surface area contributed by atoms with E-state index in [0.717, 1.165) is 55.3 Å². The zero-order valence-electron chi connectivity index (χ0n) is 18.6. The molecular weight excluding hydrogens is 444 g/mol. The fourth-order valence-corrected chi connectivity index (χ4v) is 3.83. The number of imidazole rings is 1. The number of pyridine rings is 1. The van der Waals surface area contributed by atoms with E-state index < -0.39 is 0 Å². The molecular formula is C22H27ClN8O2. The standard InChI is InChI=1S/C21H22ClN7O2.CH5N/c1-30-18-11-23-19(22)9-16(18)25-17-10-24-28-20(17)21-26-14-3-2-13(8-15(14)27-21)12-29-4-6-31-7-5-29;1-2/h2-3,8-11H,4-7,12H2,1H3,(H,23,25)(H,24,28)(H,26,27);2H2,1H3. The highest BCUT2D eigenvalue weighted by Gasteiger charge is 2.16. The Morgan fingerprint density at radius 3 is 2.79 bits per heavy atom. The summed E-state index contributed by atoms with van der Waals surface area (Å²) in [5.41, 5.74) is 9.78. The number of rotatable bonds is 6. The molecule has 1 aromatic carbocycles. The summed E-state index contributed by atoms with van der Waals surface area (Å²) in [6.07, 6.45) is 3.27. The quantitative estimate of drug-likeness (QED) is 0.316. The zero-order chi connectivity index (χ0) is 23.2. The number of nitrogens with one attached hydrogen (secondary N) is 3. The van der Waals surface area contributed by atoms with Gasteiger partial charge in [0.25, 0.3) is 0 Å². The molecule has 5 rings (SSSR count). The predicted octanol–water partition coefficient (Wildman–Crippen LogP) is 3.16. The highest BCUT2D eigenvalue weighted by atomic mass is 35.5. The number of fused-ring (bicyclic) bond motifs is 1. The van der Waals surface area contributed by atoms with Gasteiger partial charge in [-0.1, -0.05) is 17.7 Å². The van der Waals surface area contributed by atoms with Crippen LogP contribution in [0.15, 0.2) is 36.7 Å². The second-order valence-corrected chi connectivity index (χ2v) is 7.70. The van der Waals surface area contributed by atoms with Crippen LogP contribution in [0.4, 0.5) is 11.4 Å². The fourth-order valence-electron chi connectivity index (χ4n) is 3.68. The molecule has 174 valence electrons. The van der Waals surface area contributed by atoms with Crippen LogP contribution in [0.2, 0.25) is 5.15 Å². The van der Waals surface area contributed by atoms with Gasteiger partial charge in [0, 0.05) is 25.7 Å². The van der Waals surface area contributed by atoms with Gasteiger partial charge in [-0.05, 0) is 24.7 Å². The maximum atomic E-state index is 6.05. The lowest BCUT2D eigenvalue weighted by Crippen LogP contribution is -2.35. The van der Waals surface area contributed by atoms with E-state index in [-0.39, 0.29) is 0 Å². The van der Waals surface area contributed by atoms with Gasteiger partial charge in [-0.2, -0.15) is 5.10 Å². The van der Waals surface area contributed by atoms with Crippen molar-refractivity contribution in [3.8, 4) is 17.3 Å². The van der Waals surface area contributed by atoms with Crippen LogP contribution in [0.3, 0.4) is 0 Å². The van der Waals surface area contributed by atoms with E-state index in [1.807, 2.05) is 6.07 Å². The normalized spacial score (nSPS) is 14.1. The summed E-state index contributed by atoms with van der Waals surface area (Å²) in [4.78, 5) is 14.6. The Labute approximate surface area is 196 Å². The van der Waals surface area contributed by atoms with E-state index in [9.17, 15) is 0 Å². The molecule has 0 saturated carbocycles. The maximum absolute atomic E-state index is 6.05. The first-order chi connectivity index (χ1) is 16.2. The molecule has 0 atom stereocenters. The van der Waals surface area contributed by atoms with Crippen molar-refractivity contribution >= 4 is 34.0 Å². The molecule has 0 aliphatic carbocycles. The Hall–Kier alpha value is -3.18. The SMILES string of the molecule is CN.COc1cnc(Cl)cc1Nc1cn[nH]c1-c1nc2ccc(CN3CCOCC3)cc2[nH]1. The lowest BCUT2D eigenvalue weighted by molar-refractivity contribution is 0.0342. The summed E-state index contributed by atoms with van der Waals surface area (Å²) in [6, 6.07) is 8.02. The van der Waals surface area contributed by atoms with E-state index in [1.165, 1.54) is 12.6 Å². The number of H-pyrrole nitrogens is 2. The molecule has 4 heterocycles. The smallest absolute Gasteiger partial charge is 0.160 e. The molecule has 0 spiro atoms. The van der Waals surface area contributed by atoms with Crippen LogP contribution in [0, 0.1) is 0 Å². The van der Waals surface area contributed by atoms with E-state index in [4.69, 9.17) is 26.1 Å². The van der Waals surface area contributed by atoms with Crippen LogP contribution in [0.1, 0.15) is 5.56 Å². The first-order valence-electron chi connectivity index (χ1n) is 10.6. The van der Waals surface area contributed by atoms with Crippen molar-refractivity contribution in [3.63, 3.8) is 0 Å². The average Bonchev–Trinajstić information content (AvgIpc) is 3.47. The summed E-state index contributed by atoms with van der Waals surface area (Å²) in [6.45, 7) is 4.39. The Kier molecular flexibility index (Phi) is 7.40. The van der Waals surface area contributed by atoms with E-state index in [0.29, 0.717) is 22.4 Å². The molecule has 1 aliphatic heterocycles. The molecule has 0 bridgehead atoms. The van der Waals surface area contributed by atoms with Crippen molar-refractivity contribution in [1.29, 1.82) is 0 Å². The van der Waals surface area contributed by atoms with Gasteiger partial charge in [0.05, 0.1) is 55.1 Å². The van der Waals surface area contributed by atoms with Gasteiger partial charge in [0.2, 0.25) is 0 Å². The molecule has 1 saturated heterocycles. The molecule has 10 nitrogen and oxygen atoms in total. The second kappa shape index (κ2) is 10.6. The molecule has 0 amide bonds. The third kappa shape index (κ3) is 5.25. The number of halogens is 1. The van der Waals surface area contributed by atoms with E-state index in [1.54, 1.807) is 25.6 Å². The highest BCUT2D eigenvalue weighted by molar-refractivity contribution is 6.29. The summed E-state index contributed by atoms with van der Waals surface area (Å²) in [5.74, 6) is 1.27. The van der Waals surface area contributed by atoms with Crippen LogP contribution in [0.25, 0.3) is 22.6 Å². The van der Waals surface area contributed by atoms with Crippen molar-refractivity contribution < 1.29 is 9.47 Å². The van der Waals surface area contributed by atoms with Gasteiger partial charge < -0.3 is 25.5 Å². The highest BCUT2D eigenvalue weighted by Crippen LogP contribution is 2.33. The Bertz CT molecular complexity index is 1200. The van der Waals surface area contributed by atoms with Gasteiger partial charge >= 0.3 is 0 Å². The summed E-state index contributed by atoms with van der Waals surface area (Å²) in [7, 11) is 3.08. The number of hydrogen-bond donors (Lipinski definition) is 4. The molecule has 3 aromatic heterocycles. The van der Waals surface area contributed by atoms with Crippen LogP contribution < -0.4 is 15.8 Å². The van der Waals surface area contributed by atoms with Crippen LogP contribution in [-0.4, -0.2) is 70.5 Å². The number of morpholine rings is 1. The number of aromatic amines is 2. The lowest BCUT2D eigenvalue weighted by atomic mass is 10.2. The Morgan fingerprint density at radius 2 is 2.00 bits per heavy atom. The third-order valence-corrected chi connectivity index (χ3v) is 5.46. The number of methoxy groups -OCH3 is 1. The third-order valence-electron chi connectivity index (χ3n) is 5.26. The predicted molar refractivity (Wildman–Crippen MR) is 129 cm³/mol. The molecule has 5 N–H and O–H groups in total. The minimum absolute atomic E-state index is 0.366. The largest absolute Gasteiger partial charge is 0.493 e. The monoisotopic (exact) mass is 470 g/mol. The molecule has 1 aliphatic rings. The number of hydrogen-bond acceptors (Lipinski definition) is 8. The minimum Gasteiger partial charge on any atom is -0.493 e. The summed E-state index contributed by atoms with van der Waals surface area (Å²) >= 11 is 6.05. The molecule has 33 heavy (non-hydrogen) atoms. The topological polar surface area (TPSA) is 130 Å². The minimum atomic E-state index is 0.366. The number of aromatic nitrogens is 5. The van der Waals surface area contributed by atoms with Crippen molar-refractivity contribution in [3.05, 3.63) is 47.4 Å². The number of anilines is 2. The van der Waals surface area contributed by atoms with Crippen LogP contribution in [0.5, 0.6) is 5.75 Å². The maximum Gasteiger partial charge on any atom is 0.160 e. The molecule has 0 unspecified atom stereocenters. The summed E-state index contributed by atoms with van der Waals surface area (Å²) < 4.78 is 10.8. The Balaban J connectivity index is 0.00000126. The van der Waals surface area contributed by atoms with Crippen molar-refractivity contribution in [2.24, 2.45) is 5.73 Å². The van der Waals surface area contributed by atoms with Gasteiger partial charge in [0.15, 0.2) is 11.6 Å².